The Morgan fingerprint density at radius 1 is 1.09 bits per heavy atom. The Morgan fingerprint density at radius 2 is 1.74 bits per heavy atom. The minimum atomic E-state index is -0.659. The summed E-state index contributed by atoms with van der Waals surface area (Å²) in [6, 6.07) is 17.7. The van der Waals surface area contributed by atoms with Crippen molar-refractivity contribution >= 4 is 21.8 Å². The molecule has 2 unspecified atom stereocenters. The van der Waals surface area contributed by atoms with Gasteiger partial charge in [-0.3, -0.25) is 4.79 Å². The van der Waals surface area contributed by atoms with E-state index in [2.05, 4.69) is 21.2 Å². The van der Waals surface area contributed by atoms with Gasteiger partial charge in [0.05, 0.1) is 12.5 Å². The van der Waals surface area contributed by atoms with Gasteiger partial charge in [-0.2, -0.15) is 0 Å². The summed E-state index contributed by atoms with van der Waals surface area (Å²) in [5, 5.41) is 13.0. The molecule has 0 aliphatic heterocycles. The zero-order valence-corrected chi connectivity index (χ0v) is 14.8. The predicted molar refractivity (Wildman–Crippen MR) is 96.2 cm³/mol. The molecule has 2 aromatic carbocycles. The molecule has 2 rings (SSSR count). The molecule has 2 N–H and O–H groups in total. The Hall–Kier alpha value is -1.65. The van der Waals surface area contributed by atoms with Crippen molar-refractivity contribution in [3.05, 3.63) is 70.2 Å². The largest absolute Gasteiger partial charge is 0.392 e. The number of carbonyl (C=O) groups excluding carboxylic acids is 1. The first-order chi connectivity index (χ1) is 11.0. The van der Waals surface area contributed by atoms with Crippen molar-refractivity contribution in [1.82, 2.24) is 5.32 Å². The molecule has 0 fully saturated rings. The van der Waals surface area contributed by atoms with Gasteiger partial charge in [0.25, 0.3) is 0 Å². The van der Waals surface area contributed by atoms with Gasteiger partial charge in [-0.1, -0.05) is 64.5 Å². The maximum atomic E-state index is 12.0. The number of amides is 1. The molecule has 1 amide bonds. The van der Waals surface area contributed by atoms with Gasteiger partial charge in [-0.15, -0.1) is 0 Å². The van der Waals surface area contributed by atoms with Gasteiger partial charge in [-0.25, -0.2) is 0 Å². The number of rotatable bonds is 7. The summed E-state index contributed by atoms with van der Waals surface area (Å²) >= 11 is 3.52. The summed E-state index contributed by atoms with van der Waals surface area (Å²) in [6.07, 6.45) is 0.706. The van der Waals surface area contributed by atoms with E-state index in [0.29, 0.717) is 6.42 Å². The minimum absolute atomic E-state index is 0.0186. The molecule has 4 heteroatoms. The summed E-state index contributed by atoms with van der Waals surface area (Å²) in [7, 11) is 0. The minimum Gasteiger partial charge on any atom is -0.392 e. The van der Waals surface area contributed by atoms with Crippen LogP contribution in [0.15, 0.2) is 59.1 Å². The van der Waals surface area contributed by atoms with Crippen LogP contribution in [0.5, 0.6) is 0 Å². The molecule has 0 aliphatic rings. The smallest absolute Gasteiger partial charge is 0.222 e. The number of benzene rings is 2. The molecule has 0 aliphatic carbocycles. The van der Waals surface area contributed by atoms with Crippen LogP contribution in [0.3, 0.4) is 0 Å². The highest BCUT2D eigenvalue weighted by Crippen LogP contribution is 2.17. The molecule has 0 radical (unpaired) electrons. The van der Waals surface area contributed by atoms with Gasteiger partial charge in [-0.05, 0) is 37.0 Å². The first kappa shape index (κ1) is 17.7. The van der Waals surface area contributed by atoms with E-state index in [9.17, 15) is 9.90 Å². The highest BCUT2D eigenvalue weighted by atomic mass is 79.9. The van der Waals surface area contributed by atoms with Crippen LogP contribution >= 0.6 is 15.9 Å². The molecule has 0 bridgehead atoms. The second-order valence-electron chi connectivity index (χ2n) is 5.81. The van der Waals surface area contributed by atoms with E-state index in [1.807, 2.05) is 61.5 Å². The van der Waals surface area contributed by atoms with E-state index >= 15 is 0 Å². The summed E-state index contributed by atoms with van der Waals surface area (Å²) in [4.78, 5) is 12.0. The monoisotopic (exact) mass is 375 g/mol. The molecule has 2 aromatic rings. The Bertz CT molecular complexity index is 630. The maximum Gasteiger partial charge on any atom is 0.222 e. The lowest BCUT2D eigenvalue weighted by Crippen LogP contribution is -2.36. The number of carbonyl (C=O) groups is 1. The third-order valence-corrected chi connectivity index (χ3v) is 4.40. The number of hydrogen-bond acceptors (Lipinski definition) is 2. The number of hydrogen-bond donors (Lipinski definition) is 2. The van der Waals surface area contributed by atoms with Gasteiger partial charge in [0, 0.05) is 10.5 Å². The van der Waals surface area contributed by atoms with Crippen LogP contribution in [0.2, 0.25) is 0 Å². The first-order valence-corrected chi connectivity index (χ1v) is 8.58. The maximum absolute atomic E-state index is 12.0. The highest BCUT2D eigenvalue weighted by molar-refractivity contribution is 9.10. The normalized spacial score (nSPS) is 13.3. The van der Waals surface area contributed by atoms with Crippen molar-refractivity contribution in [3.63, 3.8) is 0 Å². The second kappa shape index (κ2) is 8.85. The standard InChI is InChI=1S/C19H22BrNO2/c1-14(11-16-9-5-6-10-18(16)20)21-19(23)13-17(22)12-15-7-3-2-4-8-15/h2-10,14,17,22H,11-13H2,1H3,(H,21,23). The number of aliphatic hydroxyl groups excluding tert-OH is 1. The van der Waals surface area contributed by atoms with Crippen LogP contribution in [-0.2, 0) is 17.6 Å². The lowest BCUT2D eigenvalue weighted by atomic mass is 10.0. The molecule has 3 nitrogen and oxygen atoms in total. The van der Waals surface area contributed by atoms with Gasteiger partial charge in [0.15, 0.2) is 0 Å². The molecule has 0 spiro atoms. The van der Waals surface area contributed by atoms with E-state index in [1.165, 1.54) is 0 Å². The lowest BCUT2D eigenvalue weighted by molar-refractivity contribution is -0.123. The summed E-state index contributed by atoms with van der Waals surface area (Å²) in [5.41, 5.74) is 2.19. The van der Waals surface area contributed by atoms with Crippen molar-refractivity contribution in [2.75, 3.05) is 0 Å². The zero-order chi connectivity index (χ0) is 16.7. The van der Waals surface area contributed by atoms with Crippen molar-refractivity contribution in [2.24, 2.45) is 0 Å². The summed E-state index contributed by atoms with van der Waals surface area (Å²) < 4.78 is 1.05. The first-order valence-electron chi connectivity index (χ1n) is 7.79. The SMILES string of the molecule is CC(Cc1ccccc1Br)NC(=O)CC(O)Cc1ccccc1. The summed E-state index contributed by atoms with van der Waals surface area (Å²) in [5.74, 6) is -0.118. The van der Waals surface area contributed by atoms with Crippen LogP contribution in [-0.4, -0.2) is 23.2 Å². The fourth-order valence-electron chi connectivity index (χ4n) is 2.55. The Labute approximate surface area is 145 Å². The van der Waals surface area contributed by atoms with Gasteiger partial charge in [0.2, 0.25) is 5.91 Å². The van der Waals surface area contributed by atoms with Crippen LogP contribution in [0.4, 0.5) is 0 Å². The Morgan fingerprint density at radius 3 is 2.43 bits per heavy atom. The fraction of sp³-hybridized carbons (Fsp3) is 0.316. The van der Waals surface area contributed by atoms with Crippen LogP contribution in [0.25, 0.3) is 0 Å². The van der Waals surface area contributed by atoms with E-state index in [1.54, 1.807) is 0 Å². The van der Waals surface area contributed by atoms with Crippen molar-refractivity contribution in [2.45, 2.75) is 38.3 Å². The van der Waals surface area contributed by atoms with Gasteiger partial charge in [0.1, 0.15) is 0 Å². The molecule has 122 valence electrons. The Balaban J connectivity index is 1.78. The topological polar surface area (TPSA) is 49.3 Å². The van der Waals surface area contributed by atoms with Crippen molar-refractivity contribution in [1.29, 1.82) is 0 Å². The van der Waals surface area contributed by atoms with E-state index < -0.39 is 6.10 Å². The fourth-order valence-corrected chi connectivity index (χ4v) is 3.00. The molecule has 23 heavy (non-hydrogen) atoms. The molecular formula is C19H22BrNO2. The van der Waals surface area contributed by atoms with Gasteiger partial charge >= 0.3 is 0 Å². The van der Waals surface area contributed by atoms with Crippen LogP contribution in [0.1, 0.15) is 24.5 Å². The number of aliphatic hydroxyl groups is 1. The van der Waals surface area contributed by atoms with E-state index in [-0.39, 0.29) is 18.4 Å². The Kier molecular flexibility index (Phi) is 6.81. The quantitative estimate of drug-likeness (QED) is 0.777. The lowest BCUT2D eigenvalue weighted by Gasteiger charge is -2.16. The average Bonchev–Trinajstić information content (AvgIpc) is 2.50. The van der Waals surface area contributed by atoms with Crippen molar-refractivity contribution < 1.29 is 9.90 Å². The number of halogens is 1. The molecule has 0 saturated carbocycles. The average molecular weight is 376 g/mol. The zero-order valence-electron chi connectivity index (χ0n) is 13.2. The van der Waals surface area contributed by atoms with Crippen LogP contribution < -0.4 is 5.32 Å². The molecular weight excluding hydrogens is 354 g/mol. The van der Waals surface area contributed by atoms with E-state index in [4.69, 9.17) is 0 Å². The molecule has 0 aromatic heterocycles. The third-order valence-electron chi connectivity index (χ3n) is 3.63. The molecule has 0 heterocycles. The molecule has 2 atom stereocenters. The predicted octanol–water partition coefficient (Wildman–Crippen LogP) is 3.49. The third kappa shape index (κ3) is 6.16. The van der Waals surface area contributed by atoms with Crippen molar-refractivity contribution in [3.8, 4) is 0 Å². The summed E-state index contributed by atoms with van der Waals surface area (Å²) in [6.45, 7) is 1.97. The second-order valence-corrected chi connectivity index (χ2v) is 6.67. The van der Waals surface area contributed by atoms with E-state index in [0.717, 1.165) is 22.0 Å². The highest BCUT2D eigenvalue weighted by Gasteiger charge is 2.14. The molecule has 0 saturated heterocycles. The van der Waals surface area contributed by atoms with Crippen LogP contribution in [0, 0.1) is 0 Å². The number of nitrogens with one attached hydrogen (secondary N) is 1. The van der Waals surface area contributed by atoms with Gasteiger partial charge < -0.3 is 10.4 Å².